The lowest BCUT2D eigenvalue weighted by atomic mass is 10.1. The lowest BCUT2D eigenvalue weighted by molar-refractivity contribution is 0.333. The molecule has 0 aliphatic rings. The van der Waals surface area contributed by atoms with Crippen molar-refractivity contribution in [2.75, 3.05) is 20.3 Å². The Balaban J connectivity index is 0.000000434. The van der Waals surface area contributed by atoms with E-state index in [1.54, 1.807) is 7.11 Å². The van der Waals surface area contributed by atoms with Crippen LogP contribution in [0.1, 0.15) is 21.3 Å². The highest BCUT2D eigenvalue weighted by atomic mass is 79.9. The number of hydrogen-bond donors (Lipinski definition) is 0. The molecule has 0 fully saturated rings. The SMILES string of the molecule is C.C=CC[Si](CC=C)(OCC)c1ccc(-c2ccc(OC)cc2)cc1.C=CC[Si](CC=C)(OCC)c1ccc(Br)cc1. The van der Waals surface area contributed by atoms with Gasteiger partial charge in [-0.2, -0.15) is 0 Å². The van der Waals surface area contributed by atoms with Crippen molar-refractivity contribution in [2.45, 2.75) is 45.5 Å². The molecule has 3 nitrogen and oxygen atoms in total. The molecule has 0 bridgehead atoms. The first-order valence-electron chi connectivity index (χ1n) is 14.1. The summed E-state index contributed by atoms with van der Waals surface area (Å²) in [5.41, 5.74) is 2.37. The number of allylic oxidation sites excluding steroid dienone is 4. The van der Waals surface area contributed by atoms with Gasteiger partial charge in [-0.3, -0.25) is 0 Å². The molecule has 3 aromatic carbocycles. The van der Waals surface area contributed by atoms with Gasteiger partial charge in [0.05, 0.1) is 7.11 Å². The second-order valence-corrected chi connectivity index (χ2v) is 17.9. The number of methoxy groups -OCH3 is 1. The summed E-state index contributed by atoms with van der Waals surface area (Å²) in [6, 6.07) is 29.0. The molecule has 0 N–H and O–H groups in total. The van der Waals surface area contributed by atoms with Crippen molar-refractivity contribution >= 4 is 42.9 Å². The predicted octanol–water partition coefficient (Wildman–Crippen LogP) is 9.57. The van der Waals surface area contributed by atoms with E-state index in [1.807, 2.05) is 43.4 Å². The second kappa shape index (κ2) is 19.4. The Hall–Kier alpha value is -2.75. The highest BCUT2D eigenvalue weighted by Gasteiger charge is 2.35. The topological polar surface area (TPSA) is 27.7 Å². The van der Waals surface area contributed by atoms with Gasteiger partial charge in [0.1, 0.15) is 5.75 Å². The molecular weight excluding hydrogens is 616 g/mol. The van der Waals surface area contributed by atoms with Gasteiger partial charge < -0.3 is 13.6 Å². The van der Waals surface area contributed by atoms with Gasteiger partial charge in [0.15, 0.2) is 0 Å². The Kier molecular flexibility index (Phi) is 17.3. The second-order valence-electron chi connectivity index (χ2n) is 9.64. The van der Waals surface area contributed by atoms with Crippen molar-refractivity contribution < 1.29 is 13.6 Å². The van der Waals surface area contributed by atoms with Crippen LogP contribution in [-0.2, 0) is 8.85 Å². The summed E-state index contributed by atoms with van der Waals surface area (Å²) in [4.78, 5) is 0. The van der Waals surface area contributed by atoms with Crippen molar-refractivity contribution in [1.82, 2.24) is 0 Å². The van der Waals surface area contributed by atoms with Crippen LogP contribution in [0.2, 0.25) is 24.2 Å². The third-order valence-corrected chi connectivity index (χ3v) is 15.7. The van der Waals surface area contributed by atoms with E-state index in [2.05, 4.69) is 110 Å². The minimum absolute atomic E-state index is 0. The molecule has 3 aromatic rings. The van der Waals surface area contributed by atoms with Crippen molar-refractivity contribution in [2.24, 2.45) is 0 Å². The third kappa shape index (κ3) is 10.2. The van der Waals surface area contributed by atoms with E-state index in [9.17, 15) is 0 Å². The van der Waals surface area contributed by atoms with Crippen LogP contribution in [0, 0.1) is 0 Å². The Morgan fingerprint density at radius 2 is 0.929 bits per heavy atom. The van der Waals surface area contributed by atoms with Crippen molar-refractivity contribution in [1.29, 1.82) is 0 Å². The van der Waals surface area contributed by atoms with Crippen LogP contribution >= 0.6 is 15.9 Å². The van der Waals surface area contributed by atoms with Gasteiger partial charge >= 0.3 is 0 Å². The summed E-state index contributed by atoms with van der Waals surface area (Å²) in [5, 5.41) is 2.60. The number of rotatable bonds is 16. The standard InChI is InChI=1S/C21H26O2Si.C14H19BrOSi.CH4/c1-5-16-24(17-6-2,23-7-3)21-14-10-19(11-15-21)18-8-12-20(22-4)13-9-18;1-4-11-17(12-5-2,16-6-3)14-9-7-13(15)8-10-14;/h5-6,8-15H,1-2,7,16-17H2,3-4H3;4-5,7-10H,1-2,6,11-12H2,3H3;1H4. The fourth-order valence-electron chi connectivity index (χ4n) is 5.03. The van der Waals surface area contributed by atoms with Gasteiger partial charge in [-0.25, -0.2) is 0 Å². The van der Waals surface area contributed by atoms with E-state index in [4.69, 9.17) is 13.6 Å². The summed E-state index contributed by atoms with van der Waals surface area (Å²) in [5.74, 6) is 0.870. The zero-order chi connectivity index (χ0) is 30.1. The van der Waals surface area contributed by atoms with Crippen molar-refractivity contribution in [3.63, 3.8) is 0 Å². The van der Waals surface area contributed by atoms with Gasteiger partial charge in [0, 0.05) is 17.7 Å². The monoisotopic (exact) mass is 664 g/mol. The molecule has 3 rings (SSSR count). The van der Waals surface area contributed by atoms with Crippen LogP contribution in [0.5, 0.6) is 5.75 Å². The fourth-order valence-corrected chi connectivity index (χ4v) is 11.9. The lowest BCUT2D eigenvalue weighted by Gasteiger charge is -2.29. The van der Waals surface area contributed by atoms with Gasteiger partial charge in [0.2, 0.25) is 16.6 Å². The highest BCUT2D eigenvalue weighted by molar-refractivity contribution is 9.10. The zero-order valence-electron chi connectivity index (χ0n) is 24.9. The normalized spacial score (nSPS) is 10.9. The molecule has 0 aromatic heterocycles. The summed E-state index contributed by atoms with van der Waals surface area (Å²) >= 11 is 3.46. The van der Waals surface area contributed by atoms with E-state index in [0.29, 0.717) is 6.61 Å². The first-order valence-corrected chi connectivity index (χ1v) is 19.5. The minimum Gasteiger partial charge on any atom is -0.497 e. The van der Waals surface area contributed by atoms with Gasteiger partial charge in [0.25, 0.3) is 0 Å². The molecule has 0 unspecified atom stereocenters. The van der Waals surface area contributed by atoms with Crippen LogP contribution < -0.4 is 15.1 Å². The average molecular weight is 666 g/mol. The van der Waals surface area contributed by atoms with Gasteiger partial charge in [-0.05, 0) is 83.8 Å². The number of halogens is 1. The quantitative estimate of drug-likeness (QED) is 0.113. The molecule has 0 amide bonds. The maximum absolute atomic E-state index is 6.25. The Bertz CT molecular complexity index is 1200. The first kappa shape index (κ1) is 37.3. The van der Waals surface area contributed by atoms with Crippen LogP contribution in [-0.4, -0.2) is 37.0 Å². The van der Waals surface area contributed by atoms with Crippen LogP contribution in [0.25, 0.3) is 11.1 Å². The Morgan fingerprint density at radius 1 is 0.595 bits per heavy atom. The van der Waals surface area contributed by atoms with Crippen LogP contribution in [0.15, 0.2) is 128 Å². The lowest BCUT2D eigenvalue weighted by Crippen LogP contribution is -2.50. The van der Waals surface area contributed by atoms with Crippen LogP contribution in [0.3, 0.4) is 0 Å². The molecule has 0 radical (unpaired) electrons. The fraction of sp³-hybridized carbons (Fsp3) is 0.278. The molecule has 42 heavy (non-hydrogen) atoms. The first-order chi connectivity index (χ1) is 19.9. The van der Waals surface area contributed by atoms with E-state index >= 15 is 0 Å². The van der Waals surface area contributed by atoms with Crippen molar-refractivity contribution in [3.8, 4) is 16.9 Å². The molecule has 0 saturated heterocycles. The largest absolute Gasteiger partial charge is 0.497 e. The van der Waals surface area contributed by atoms with E-state index < -0.39 is 16.6 Å². The maximum atomic E-state index is 6.25. The molecule has 0 saturated carbocycles. The number of hydrogen-bond acceptors (Lipinski definition) is 3. The molecule has 0 aliphatic heterocycles. The molecule has 0 atom stereocenters. The van der Waals surface area contributed by atoms with Gasteiger partial charge in [-0.15, -0.1) is 26.3 Å². The molecular formula is C36H49BrO3Si2. The van der Waals surface area contributed by atoms with Gasteiger partial charge in [-0.1, -0.05) is 96.2 Å². The third-order valence-electron chi connectivity index (χ3n) is 6.94. The summed E-state index contributed by atoms with van der Waals surface area (Å²) in [6.07, 6.45) is 7.88. The summed E-state index contributed by atoms with van der Waals surface area (Å²) in [6.45, 7) is 21.1. The highest BCUT2D eigenvalue weighted by Crippen LogP contribution is 2.24. The minimum atomic E-state index is -2.07. The number of ether oxygens (including phenoxy) is 1. The Morgan fingerprint density at radius 3 is 1.24 bits per heavy atom. The van der Waals surface area contributed by atoms with Crippen LogP contribution in [0.4, 0.5) is 0 Å². The maximum Gasteiger partial charge on any atom is 0.231 e. The molecule has 0 aliphatic carbocycles. The van der Waals surface area contributed by atoms with E-state index in [1.165, 1.54) is 21.5 Å². The molecule has 0 spiro atoms. The predicted molar refractivity (Wildman–Crippen MR) is 193 cm³/mol. The summed E-state index contributed by atoms with van der Waals surface area (Å²) < 4.78 is 18.7. The van der Waals surface area contributed by atoms with E-state index in [-0.39, 0.29) is 7.43 Å². The van der Waals surface area contributed by atoms with Crippen molar-refractivity contribution in [3.05, 3.63) is 128 Å². The zero-order valence-corrected chi connectivity index (χ0v) is 28.5. The smallest absolute Gasteiger partial charge is 0.231 e. The van der Waals surface area contributed by atoms with E-state index in [0.717, 1.165) is 41.0 Å². The molecule has 226 valence electrons. The number of benzene rings is 3. The molecule has 6 heteroatoms. The summed E-state index contributed by atoms with van der Waals surface area (Å²) in [7, 11) is -2.34. The average Bonchev–Trinajstić information content (AvgIpc) is 2.99. The Labute approximate surface area is 266 Å². The molecule has 0 heterocycles.